The van der Waals surface area contributed by atoms with Gasteiger partial charge in [-0.05, 0) is 0 Å². The first-order chi connectivity index (χ1) is 9.06. The van der Waals surface area contributed by atoms with Gasteiger partial charge in [0.05, 0.1) is 10.2 Å². The largest absolute Gasteiger partial charge is 0.454 e. The number of ether oxygens (including phenoxy) is 2. The third kappa shape index (κ3) is 2.02. The van der Waals surface area contributed by atoms with Gasteiger partial charge in [0.2, 0.25) is 6.79 Å². The number of benzene rings is 1. The number of nitrogens with zero attached hydrogens (tertiary/aromatic N) is 2. The monoisotopic (exact) mass is 278 g/mol. The van der Waals surface area contributed by atoms with Crippen LogP contribution in [0.1, 0.15) is 13.8 Å². The summed E-state index contributed by atoms with van der Waals surface area (Å²) in [6.07, 6.45) is 0. The standard InChI is InChI=1S/C13H14N2O3S/c1-7(2)12(16)14-13-15(3)8-4-9-10(18-6-17-9)5-11(8)19-13/h4-5,7H,6H2,1-3H3. The number of carbonyl (C=O) groups excluding carboxylic acids is 1. The average Bonchev–Trinajstić information content (AvgIpc) is 2.93. The van der Waals surface area contributed by atoms with Gasteiger partial charge in [-0.1, -0.05) is 25.2 Å². The topological polar surface area (TPSA) is 52.8 Å². The molecular weight excluding hydrogens is 264 g/mol. The quantitative estimate of drug-likeness (QED) is 0.802. The summed E-state index contributed by atoms with van der Waals surface area (Å²) >= 11 is 1.48. The highest BCUT2D eigenvalue weighted by Crippen LogP contribution is 2.36. The fraction of sp³-hybridized carbons (Fsp3) is 0.385. The normalized spacial score (nSPS) is 14.6. The molecule has 100 valence electrons. The average molecular weight is 278 g/mol. The number of rotatable bonds is 1. The van der Waals surface area contributed by atoms with Crippen molar-refractivity contribution in [3.05, 3.63) is 16.9 Å². The first-order valence-corrected chi connectivity index (χ1v) is 6.85. The number of amides is 1. The minimum atomic E-state index is -0.109. The van der Waals surface area contributed by atoms with Gasteiger partial charge in [-0.2, -0.15) is 4.99 Å². The second-order valence-corrected chi connectivity index (χ2v) is 5.73. The van der Waals surface area contributed by atoms with Gasteiger partial charge in [-0.15, -0.1) is 0 Å². The third-order valence-electron chi connectivity index (χ3n) is 3.00. The molecule has 0 saturated carbocycles. The van der Waals surface area contributed by atoms with Crippen molar-refractivity contribution in [3.63, 3.8) is 0 Å². The van der Waals surface area contributed by atoms with E-state index >= 15 is 0 Å². The van der Waals surface area contributed by atoms with Crippen LogP contribution in [0.15, 0.2) is 17.1 Å². The van der Waals surface area contributed by atoms with Crippen LogP contribution in [-0.2, 0) is 11.8 Å². The molecule has 0 bridgehead atoms. The lowest BCUT2D eigenvalue weighted by Gasteiger charge is -1.98. The van der Waals surface area contributed by atoms with E-state index in [-0.39, 0.29) is 18.6 Å². The Bertz CT molecular complexity index is 727. The molecule has 0 saturated heterocycles. The molecule has 1 aromatic heterocycles. The predicted molar refractivity (Wildman–Crippen MR) is 72.3 cm³/mol. The van der Waals surface area contributed by atoms with Gasteiger partial charge in [0.15, 0.2) is 16.3 Å². The van der Waals surface area contributed by atoms with E-state index in [4.69, 9.17) is 9.47 Å². The molecule has 0 unspecified atom stereocenters. The summed E-state index contributed by atoms with van der Waals surface area (Å²) in [5, 5.41) is 0. The molecule has 3 rings (SSSR count). The zero-order chi connectivity index (χ0) is 13.6. The van der Waals surface area contributed by atoms with Crippen molar-refractivity contribution in [1.29, 1.82) is 0 Å². The number of hydrogen-bond donors (Lipinski definition) is 0. The van der Waals surface area contributed by atoms with Crippen LogP contribution in [0.5, 0.6) is 11.5 Å². The maximum atomic E-state index is 11.7. The van der Waals surface area contributed by atoms with Crippen LogP contribution in [-0.4, -0.2) is 17.3 Å². The van der Waals surface area contributed by atoms with Gasteiger partial charge in [0.25, 0.3) is 5.91 Å². The number of hydrogen-bond acceptors (Lipinski definition) is 4. The maximum Gasteiger partial charge on any atom is 0.250 e. The van der Waals surface area contributed by atoms with Crippen molar-refractivity contribution in [2.45, 2.75) is 13.8 Å². The van der Waals surface area contributed by atoms with Crippen molar-refractivity contribution in [2.24, 2.45) is 18.0 Å². The van der Waals surface area contributed by atoms with Gasteiger partial charge in [0.1, 0.15) is 0 Å². The number of thiazole rings is 1. The molecule has 0 atom stereocenters. The van der Waals surface area contributed by atoms with Crippen LogP contribution in [0.4, 0.5) is 0 Å². The van der Waals surface area contributed by atoms with Crippen molar-refractivity contribution < 1.29 is 14.3 Å². The van der Waals surface area contributed by atoms with E-state index in [1.807, 2.05) is 37.6 Å². The lowest BCUT2D eigenvalue weighted by Crippen LogP contribution is -2.15. The number of fused-ring (bicyclic) bond motifs is 2. The lowest BCUT2D eigenvalue weighted by molar-refractivity contribution is -0.120. The fourth-order valence-corrected chi connectivity index (χ4v) is 2.88. The molecule has 0 N–H and O–H groups in total. The summed E-state index contributed by atoms with van der Waals surface area (Å²) in [7, 11) is 1.90. The smallest absolute Gasteiger partial charge is 0.250 e. The first-order valence-electron chi connectivity index (χ1n) is 6.04. The molecule has 0 fully saturated rings. The highest BCUT2D eigenvalue weighted by Gasteiger charge is 2.17. The molecule has 19 heavy (non-hydrogen) atoms. The Kier molecular flexibility index (Phi) is 2.82. The molecule has 6 heteroatoms. The second kappa shape index (κ2) is 4.38. The Morgan fingerprint density at radius 2 is 2.05 bits per heavy atom. The molecular formula is C13H14N2O3S. The van der Waals surface area contributed by atoms with Crippen LogP contribution in [0.25, 0.3) is 10.2 Å². The number of aryl methyl sites for hydroxylation is 1. The van der Waals surface area contributed by atoms with Gasteiger partial charge in [-0.3, -0.25) is 4.79 Å². The van der Waals surface area contributed by atoms with E-state index in [9.17, 15) is 4.79 Å². The SMILES string of the molecule is CC(C)C(=O)N=c1sc2cc3c(cc2n1C)OCO3. The molecule has 2 heterocycles. The third-order valence-corrected chi connectivity index (χ3v) is 4.10. The lowest BCUT2D eigenvalue weighted by atomic mass is 10.2. The summed E-state index contributed by atoms with van der Waals surface area (Å²) in [6.45, 7) is 3.95. The van der Waals surface area contributed by atoms with Crippen molar-refractivity contribution >= 4 is 27.5 Å². The van der Waals surface area contributed by atoms with E-state index in [0.29, 0.717) is 4.80 Å². The van der Waals surface area contributed by atoms with Crippen LogP contribution >= 0.6 is 11.3 Å². The van der Waals surface area contributed by atoms with Crippen LogP contribution in [0, 0.1) is 5.92 Å². The summed E-state index contributed by atoms with van der Waals surface area (Å²) in [6, 6.07) is 3.86. The van der Waals surface area contributed by atoms with Gasteiger partial charge >= 0.3 is 0 Å². The van der Waals surface area contributed by atoms with E-state index in [1.54, 1.807) is 0 Å². The molecule has 1 aliphatic rings. The Morgan fingerprint density at radius 1 is 1.37 bits per heavy atom. The summed E-state index contributed by atoms with van der Waals surface area (Å²) < 4.78 is 13.6. The van der Waals surface area contributed by atoms with Gasteiger partial charge in [-0.25, -0.2) is 0 Å². The molecule has 0 aliphatic carbocycles. The molecule has 1 aliphatic heterocycles. The summed E-state index contributed by atoms with van der Waals surface area (Å²) in [5.41, 5.74) is 0.990. The number of aromatic nitrogens is 1. The molecule has 5 nitrogen and oxygen atoms in total. The van der Waals surface area contributed by atoms with Gasteiger partial charge in [0, 0.05) is 25.1 Å². The Labute approximate surface area is 114 Å². The maximum absolute atomic E-state index is 11.7. The first kappa shape index (κ1) is 12.2. The Hall–Kier alpha value is -1.82. The second-order valence-electron chi connectivity index (χ2n) is 4.72. The van der Waals surface area contributed by atoms with Crippen LogP contribution in [0.2, 0.25) is 0 Å². The molecule has 1 aromatic carbocycles. The minimum Gasteiger partial charge on any atom is -0.454 e. The van der Waals surface area contributed by atoms with Crippen molar-refractivity contribution in [2.75, 3.05) is 6.79 Å². The van der Waals surface area contributed by atoms with E-state index < -0.39 is 0 Å². The highest BCUT2D eigenvalue weighted by molar-refractivity contribution is 7.16. The molecule has 2 aromatic rings. The minimum absolute atomic E-state index is 0.0955. The highest BCUT2D eigenvalue weighted by atomic mass is 32.1. The fourth-order valence-electron chi connectivity index (χ4n) is 1.85. The molecule has 0 radical (unpaired) electrons. The number of carbonyl (C=O) groups is 1. The molecule has 0 spiro atoms. The van der Waals surface area contributed by atoms with Gasteiger partial charge < -0.3 is 14.0 Å². The van der Waals surface area contributed by atoms with E-state index in [0.717, 1.165) is 21.7 Å². The van der Waals surface area contributed by atoms with E-state index in [1.165, 1.54) is 11.3 Å². The summed E-state index contributed by atoms with van der Waals surface area (Å²) in [5.74, 6) is 1.28. The molecule has 1 amide bonds. The Balaban J connectivity index is 2.19. The zero-order valence-corrected chi connectivity index (χ0v) is 11.8. The zero-order valence-electron chi connectivity index (χ0n) is 11.0. The van der Waals surface area contributed by atoms with Crippen molar-refractivity contribution in [1.82, 2.24) is 4.57 Å². The van der Waals surface area contributed by atoms with Crippen LogP contribution in [0.3, 0.4) is 0 Å². The van der Waals surface area contributed by atoms with Crippen molar-refractivity contribution in [3.8, 4) is 11.5 Å². The van der Waals surface area contributed by atoms with E-state index in [2.05, 4.69) is 4.99 Å². The Morgan fingerprint density at radius 3 is 2.74 bits per heavy atom. The van der Waals surface area contributed by atoms with Crippen LogP contribution < -0.4 is 14.3 Å². The predicted octanol–water partition coefficient (Wildman–Crippen LogP) is 2.05. The summed E-state index contributed by atoms with van der Waals surface area (Å²) in [4.78, 5) is 16.6.